The van der Waals surface area contributed by atoms with Gasteiger partial charge in [-0.1, -0.05) is 26.0 Å². The molecule has 1 unspecified atom stereocenters. The van der Waals surface area contributed by atoms with Gasteiger partial charge in [-0.3, -0.25) is 11.3 Å². The van der Waals surface area contributed by atoms with Gasteiger partial charge in [-0.25, -0.2) is 0 Å². The van der Waals surface area contributed by atoms with Gasteiger partial charge in [0.1, 0.15) is 5.75 Å². The number of nitrogens with one attached hydrogen (secondary N) is 1. The number of ether oxygens (including phenoxy) is 1. The average Bonchev–Trinajstić information content (AvgIpc) is 2.49. The summed E-state index contributed by atoms with van der Waals surface area (Å²) in [5.41, 5.74) is 4.94. The summed E-state index contributed by atoms with van der Waals surface area (Å²) in [6, 6.07) is 8.79. The molecule has 1 aromatic rings. The van der Waals surface area contributed by atoms with Crippen LogP contribution in [0.2, 0.25) is 0 Å². The maximum Gasteiger partial charge on any atom is 0.118 e. The quantitative estimate of drug-likeness (QED) is 0.620. The monoisotopic (exact) mass is 290 g/mol. The third kappa shape index (κ3) is 4.72. The van der Waals surface area contributed by atoms with Crippen LogP contribution in [-0.2, 0) is 6.42 Å². The van der Waals surface area contributed by atoms with Gasteiger partial charge in [0.15, 0.2) is 0 Å². The predicted molar refractivity (Wildman–Crippen MR) is 88.2 cm³/mol. The fourth-order valence-electron chi connectivity index (χ4n) is 3.39. The van der Waals surface area contributed by atoms with Crippen molar-refractivity contribution < 1.29 is 4.74 Å². The molecule has 1 fully saturated rings. The van der Waals surface area contributed by atoms with E-state index in [0.717, 1.165) is 24.5 Å². The molecule has 21 heavy (non-hydrogen) atoms. The van der Waals surface area contributed by atoms with E-state index in [9.17, 15) is 0 Å². The van der Waals surface area contributed by atoms with E-state index in [4.69, 9.17) is 10.6 Å². The first kappa shape index (κ1) is 16.3. The number of rotatable bonds is 6. The molecule has 2 rings (SSSR count). The lowest BCUT2D eigenvalue weighted by atomic mass is 9.70. The van der Waals surface area contributed by atoms with E-state index in [2.05, 4.69) is 31.4 Å². The van der Waals surface area contributed by atoms with Crippen LogP contribution in [0.15, 0.2) is 24.3 Å². The van der Waals surface area contributed by atoms with Gasteiger partial charge in [-0.2, -0.15) is 0 Å². The zero-order valence-corrected chi connectivity index (χ0v) is 13.7. The van der Waals surface area contributed by atoms with Gasteiger partial charge < -0.3 is 4.74 Å². The number of hydrogen-bond acceptors (Lipinski definition) is 3. The molecule has 3 nitrogen and oxygen atoms in total. The Morgan fingerprint density at radius 2 is 1.86 bits per heavy atom. The Labute approximate surface area is 129 Å². The summed E-state index contributed by atoms with van der Waals surface area (Å²) in [6.45, 7) is 4.76. The second kappa shape index (κ2) is 7.28. The van der Waals surface area contributed by atoms with Crippen molar-refractivity contribution in [2.45, 2.75) is 58.4 Å². The molecule has 0 amide bonds. The third-order valence-corrected chi connectivity index (χ3v) is 5.07. The normalized spacial score (nSPS) is 20.2. The van der Waals surface area contributed by atoms with Crippen LogP contribution < -0.4 is 16.0 Å². The molecule has 0 radical (unpaired) electrons. The average molecular weight is 290 g/mol. The standard InChI is InChI=1S/C18H30N2O/c1-18(2)12-10-15(11-13-18)17(20-19)9-6-14-4-7-16(21-3)8-5-14/h4-5,7-8,15,17,20H,6,9-13,19H2,1-3H3. The van der Waals surface area contributed by atoms with Crippen LogP contribution in [0.1, 0.15) is 51.5 Å². The number of methoxy groups -OCH3 is 1. The zero-order valence-electron chi connectivity index (χ0n) is 13.7. The Bertz CT molecular complexity index is 417. The van der Waals surface area contributed by atoms with Crippen LogP contribution in [0.25, 0.3) is 0 Å². The molecule has 1 aliphatic carbocycles. The fourth-order valence-corrected chi connectivity index (χ4v) is 3.39. The van der Waals surface area contributed by atoms with Gasteiger partial charge >= 0.3 is 0 Å². The molecule has 1 saturated carbocycles. The molecular weight excluding hydrogens is 260 g/mol. The predicted octanol–water partition coefficient (Wildman–Crippen LogP) is 3.68. The molecule has 0 aliphatic heterocycles. The number of nitrogens with two attached hydrogens (primary N) is 1. The van der Waals surface area contributed by atoms with Crippen molar-refractivity contribution in [3.05, 3.63) is 29.8 Å². The molecule has 0 aromatic heterocycles. The molecule has 1 atom stereocenters. The van der Waals surface area contributed by atoms with Crippen LogP contribution in [-0.4, -0.2) is 13.2 Å². The van der Waals surface area contributed by atoms with Gasteiger partial charge in [0.25, 0.3) is 0 Å². The SMILES string of the molecule is COc1ccc(CCC(NN)C2CCC(C)(C)CC2)cc1. The summed E-state index contributed by atoms with van der Waals surface area (Å²) in [5, 5.41) is 0. The highest BCUT2D eigenvalue weighted by Gasteiger charge is 2.30. The summed E-state index contributed by atoms with van der Waals surface area (Å²) in [7, 11) is 1.70. The second-order valence-corrected chi connectivity index (χ2v) is 7.16. The Morgan fingerprint density at radius 3 is 2.38 bits per heavy atom. The minimum Gasteiger partial charge on any atom is -0.497 e. The van der Waals surface area contributed by atoms with E-state index in [-0.39, 0.29) is 0 Å². The van der Waals surface area contributed by atoms with Crippen LogP contribution in [0.3, 0.4) is 0 Å². The molecule has 0 saturated heterocycles. The van der Waals surface area contributed by atoms with Crippen molar-refractivity contribution in [2.24, 2.45) is 17.2 Å². The number of hydrogen-bond donors (Lipinski definition) is 2. The Morgan fingerprint density at radius 1 is 1.24 bits per heavy atom. The summed E-state index contributed by atoms with van der Waals surface area (Å²) < 4.78 is 5.20. The zero-order chi connectivity index (χ0) is 15.3. The van der Waals surface area contributed by atoms with Gasteiger partial charge in [-0.15, -0.1) is 0 Å². The second-order valence-electron chi connectivity index (χ2n) is 7.16. The maximum atomic E-state index is 5.81. The molecule has 3 heteroatoms. The van der Waals surface area contributed by atoms with Crippen molar-refractivity contribution in [1.29, 1.82) is 0 Å². The molecule has 118 valence electrons. The van der Waals surface area contributed by atoms with Crippen molar-refractivity contribution in [3.8, 4) is 5.75 Å². The first-order valence-corrected chi connectivity index (χ1v) is 8.13. The van der Waals surface area contributed by atoms with Gasteiger partial charge in [0, 0.05) is 6.04 Å². The molecule has 1 aliphatic rings. The van der Waals surface area contributed by atoms with E-state index >= 15 is 0 Å². The van der Waals surface area contributed by atoms with Gasteiger partial charge in [-0.05, 0) is 67.6 Å². The lowest BCUT2D eigenvalue weighted by Gasteiger charge is -2.37. The lowest BCUT2D eigenvalue weighted by Crippen LogP contribution is -2.43. The molecule has 0 bridgehead atoms. The maximum absolute atomic E-state index is 5.81. The molecule has 3 N–H and O–H groups in total. The minimum absolute atomic E-state index is 0.434. The number of aryl methyl sites for hydroxylation is 1. The van der Waals surface area contributed by atoms with E-state index in [1.807, 2.05) is 12.1 Å². The minimum atomic E-state index is 0.434. The van der Waals surface area contributed by atoms with Gasteiger partial charge in [0.2, 0.25) is 0 Å². The van der Waals surface area contributed by atoms with Crippen molar-refractivity contribution >= 4 is 0 Å². The highest BCUT2D eigenvalue weighted by atomic mass is 16.5. The summed E-state index contributed by atoms with van der Waals surface area (Å²) >= 11 is 0. The largest absolute Gasteiger partial charge is 0.497 e. The van der Waals surface area contributed by atoms with Gasteiger partial charge in [0.05, 0.1) is 7.11 Å². The topological polar surface area (TPSA) is 47.3 Å². The third-order valence-electron chi connectivity index (χ3n) is 5.07. The van der Waals surface area contributed by atoms with E-state index < -0.39 is 0 Å². The summed E-state index contributed by atoms with van der Waals surface area (Å²) in [4.78, 5) is 0. The van der Waals surface area contributed by atoms with Crippen LogP contribution in [0.5, 0.6) is 5.75 Å². The molecule has 1 aromatic carbocycles. The molecule has 0 spiro atoms. The van der Waals surface area contributed by atoms with Crippen LogP contribution in [0, 0.1) is 11.3 Å². The highest BCUT2D eigenvalue weighted by molar-refractivity contribution is 5.27. The first-order chi connectivity index (χ1) is 10.0. The Balaban J connectivity index is 1.84. The fraction of sp³-hybridized carbons (Fsp3) is 0.667. The Hall–Kier alpha value is -1.06. The number of hydrazine groups is 1. The molecular formula is C18H30N2O. The number of benzene rings is 1. The lowest BCUT2D eigenvalue weighted by molar-refractivity contribution is 0.157. The van der Waals surface area contributed by atoms with Crippen LogP contribution >= 0.6 is 0 Å². The van der Waals surface area contributed by atoms with E-state index in [1.165, 1.54) is 31.2 Å². The first-order valence-electron chi connectivity index (χ1n) is 8.13. The Kier molecular flexibility index (Phi) is 5.65. The highest BCUT2D eigenvalue weighted by Crippen LogP contribution is 2.39. The van der Waals surface area contributed by atoms with E-state index in [1.54, 1.807) is 7.11 Å². The van der Waals surface area contributed by atoms with Crippen molar-refractivity contribution in [2.75, 3.05) is 7.11 Å². The van der Waals surface area contributed by atoms with Crippen molar-refractivity contribution in [1.82, 2.24) is 5.43 Å². The summed E-state index contributed by atoms with van der Waals surface area (Å²) in [5.74, 6) is 7.45. The molecule has 0 heterocycles. The summed E-state index contributed by atoms with van der Waals surface area (Å²) in [6.07, 6.45) is 7.40. The van der Waals surface area contributed by atoms with E-state index in [0.29, 0.717) is 11.5 Å². The van der Waals surface area contributed by atoms with Crippen LogP contribution in [0.4, 0.5) is 0 Å². The smallest absolute Gasteiger partial charge is 0.118 e. The van der Waals surface area contributed by atoms with Crippen molar-refractivity contribution in [3.63, 3.8) is 0 Å².